The number of benzene rings is 3. The summed E-state index contributed by atoms with van der Waals surface area (Å²) in [5.74, 6) is -1.85. The highest BCUT2D eigenvalue weighted by Gasteiger charge is 2.22. The molecule has 10 heteroatoms. The van der Waals surface area contributed by atoms with Crippen molar-refractivity contribution >= 4 is 56.9 Å². The Morgan fingerprint density at radius 2 is 1.55 bits per heavy atom. The fourth-order valence-electron chi connectivity index (χ4n) is 3.83. The van der Waals surface area contributed by atoms with Gasteiger partial charge in [-0.25, -0.2) is 0 Å². The van der Waals surface area contributed by atoms with Gasteiger partial charge in [0, 0.05) is 27.8 Å². The van der Waals surface area contributed by atoms with E-state index in [4.69, 9.17) is 27.8 Å². The Morgan fingerprint density at radius 1 is 0.950 bits per heavy atom. The first-order chi connectivity index (χ1) is 18.7. The first-order valence-electron chi connectivity index (χ1n) is 12.6. The molecule has 212 valence electrons. The number of hydrogen-bond acceptors (Lipinski definition) is 4. The second kappa shape index (κ2) is 13.5. The molecule has 0 bridgehead atoms. The Balaban J connectivity index is 1.82. The number of rotatable bonds is 10. The van der Waals surface area contributed by atoms with Crippen molar-refractivity contribution in [3.05, 3.63) is 105 Å². The van der Waals surface area contributed by atoms with Crippen molar-refractivity contribution in [3.63, 3.8) is 0 Å². The molecule has 0 spiro atoms. The lowest BCUT2D eigenvalue weighted by Crippen LogP contribution is -2.28. The molecule has 0 fully saturated rings. The molecule has 2 amide bonds. The van der Waals surface area contributed by atoms with Crippen LogP contribution in [0.3, 0.4) is 0 Å². The van der Waals surface area contributed by atoms with Gasteiger partial charge in [-0.05, 0) is 58.9 Å². The minimum absolute atomic E-state index is 0.0406. The molecule has 0 aliphatic carbocycles. The second-order valence-corrected chi connectivity index (χ2v) is 13.0. The fraction of sp³-hybridized carbons (Fsp3) is 0.267. The number of amides is 2. The SMILES string of the molecule is CC(C)(C)/C=C/c1ccc(C(Cc2ccc(C(=O)NCCS(=O)(=O)O)cc2)C(=O)Nc2cc(Cl)cc(Cl)c2)cc1. The number of carbonyl (C=O) groups excluding carboxylic acids is 2. The lowest BCUT2D eigenvalue weighted by molar-refractivity contribution is -0.117. The zero-order chi connectivity index (χ0) is 29.5. The molecule has 0 aromatic heterocycles. The van der Waals surface area contributed by atoms with E-state index in [0.717, 1.165) is 16.7 Å². The van der Waals surface area contributed by atoms with Crippen LogP contribution in [0.2, 0.25) is 10.0 Å². The summed E-state index contributed by atoms with van der Waals surface area (Å²) < 4.78 is 30.6. The van der Waals surface area contributed by atoms with E-state index in [1.165, 1.54) is 0 Å². The molecule has 7 nitrogen and oxygen atoms in total. The molecule has 1 atom stereocenters. The number of carbonyl (C=O) groups is 2. The van der Waals surface area contributed by atoms with Gasteiger partial charge in [-0.2, -0.15) is 8.42 Å². The third-order valence-electron chi connectivity index (χ3n) is 5.86. The Morgan fingerprint density at radius 3 is 2.10 bits per heavy atom. The molecular formula is C30H32Cl2N2O5S. The van der Waals surface area contributed by atoms with Gasteiger partial charge >= 0.3 is 0 Å². The van der Waals surface area contributed by atoms with Crippen LogP contribution in [0.5, 0.6) is 0 Å². The van der Waals surface area contributed by atoms with Crippen molar-refractivity contribution in [1.29, 1.82) is 0 Å². The van der Waals surface area contributed by atoms with Gasteiger partial charge in [-0.1, -0.05) is 92.5 Å². The van der Waals surface area contributed by atoms with E-state index in [-0.39, 0.29) is 17.9 Å². The highest BCUT2D eigenvalue weighted by Crippen LogP contribution is 2.27. The maximum absolute atomic E-state index is 13.5. The molecule has 0 saturated heterocycles. The van der Waals surface area contributed by atoms with Crippen molar-refractivity contribution < 1.29 is 22.6 Å². The average Bonchev–Trinajstić information content (AvgIpc) is 2.85. The van der Waals surface area contributed by atoms with Crippen LogP contribution in [-0.2, 0) is 21.3 Å². The molecule has 0 heterocycles. The Kier molecular flexibility index (Phi) is 10.6. The molecular weight excluding hydrogens is 571 g/mol. The first-order valence-corrected chi connectivity index (χ1v) is 14.9. The van der Waals surface area contributed by atoms with Crippen LogP contribution in [0, 0.1) is 5.41 Å². The molecule has 3 rings (SSSR count). The second-order valence-electron chi connectivity index (χ2n) is 10.5. The van der Waals surface area contributed by atoms with Gasteiger partial charge in [-0.15, -0.1) is 0 Å². The summed E-state index contributed by atoms with van der Waals surface area (Å²) in [5.41, 5.74) is 3.49. The summed E-state index contributed by atoms with van der Waals surface area (Å²) in [6.07, 6.45) is 4.52. The van der Waals surface area contributed by atoms with Gasteiger partial charge < -0.3 is 10.6 Å². The highest BCUT2D eigenvalue weighted by molar-refractivity contribution is 7.85. The third kappa shape index (κ3) is 10.4. The van der Waals surface area contributed by atoms with E-state index in [9.17, 15) is 18.0 Å². The van der Waals surface area contributed by atoms with Crippen LogP contribution in [0.25, 0.3) is 6.08 Å². The maximum atomic E-state index is 13.5. The monoisotopic (exact) mass is 602 g/mol. The van der Waals surface area contributed by atoms with Crippen molar-refractivity contribution in [3.8, 4) is 0 Å². The van der Waals surface area contributed by atoms with Gasteiger partial charge in [0.05, 0.1) is 11.7 Å². The molecule has 3 aromatic carbocycles. The van der Waals surface area contributed by atoms with E-state index in [1.54, 1.807) is 42.5 Å². The third-order valence-corrected chi connectivity index (χ3v) is 7.02. The van der Waals surface area contributed by atoms with Gasteiger partial charge in [0.25, 0.3) is 16.0 Å². The van der Waals surface area contributed by atoms with E-state index < -0.39 is 27.7 Å². The summed E-state index contributed by atoms with van der Waals surface area (Å²) in [6.45, 7) is 6.15. The Labute approximate surface area is 245 Å². The predicted octanol–water partition coefficient (Wildman–Crippen LogP) is 6.64. The van der Waals surface area contributed by atoms with E-state index >= 15 is 0 Å². The minimum Gasteiger partial charge on any atom is -0.351 e. The largest absolute Gasteiger partial charge is 0.351 e. The minimum atomic E-state index is -4.17. The molecule has 3 aromatic rings. The van der Waals surface area contributed by atoms with Crippen LogP contribution in [0.1, 0.15) is 53.7 Å². The van der Waals surface area contributed by atoms with Gasteiger partial charge in [0.15, 0.2) is 0 Å². The summed E-state index contributed by atoms with van der Waals surface area (Å²) in [4.78, 5) is 25.8. The van der Waals surface area contributed by atoms with Crippen LogP contribution in [0.15, 0.2) is 72.8 Å². The van der Waals surface area contributed by atoms with Crippen LogP contribution >= 0.6 is 23.2 Å². The quantitative estimate of drug-likeness (QED) is 0.225. The van der Waals surface area contributed by atoms with E-state index in [0.29, 0.717) is 27.7 Å². The fourth-order valence-corrected chi connectivity index (χ4v) is 4.71. The summed E-state index contributed by atoms with van der Waals surface area (Å²) >= 11 is 12.2. The van der Waals surface area contributed by atoms with Crippen molar-refractivity contribution in [2.75, 3.05) is 17.6 Å². The number of anilines is 1. The van der Waals surface area contributed by atoms with Gasteiger partial charge in [-0.3, -0.25) is 14.1 Å². The standard InChI is InChI=1S/C30H32Cl2N2O5S/c1-30(2,3)13-12-20-4-8-22(9-5-20)27(29(36)34-26-18-24(31)17-25(32)19-26)16-21-6-10-23(11-7-21)28(35)33-14-15-40(37,38)39/h4-13,17-19,27H,14-16H2,1-3H3,(H,33,35)(H,34,36)(H,37,38,39)/b13-12+. The zero-order valence-electron chi connectivity index (χ0n) is 22.4. The molecule has 0 aliphatic heterocycles. The van der Waals surface area contributed by atoms with Crippen LogP contribution in [0.4, 0.5) is 5.69 Å². The normalized spacial score (nSPS) is 12.8. The number of nitrogens with one attached hydrogen (secondary N) is 2. The lowest BCUT2D eigenvalue weighted by Gasteiger charge is -2.19. The van der Waals surface area contributed by atoms with Crippen molar-refractivity contribution in [1.82, 2.24) is 5.32 Å². The van der Waals surface area contributed by atoms with Crippen molar-refractivity contribution in [2.45, 2.75) is 33.1 Å². The predicted molar refractivity (Wildman–Crippen MR) is 162 cm³/mol. The number of halogens is 2. The smallest absolute Gasteiger partial charge is 0.266 e. The summed E-state index contributed by atoms with van der Waals surface area (Å²) in [5, 5.41) is 6.17. The van der Waals surface area contributed by atoms with Gasteiger partial charge in [0.2, 0.25) is 5.91 Å². The molecule has 0 aliphatic rings. The number of allylic oxidation sites excluding steroid dienone is 1. The van der Waals surface area contributed by atoms with Crippen LogP contribution in [-0.4, -0.2) is 37.1 Å². The Hall–Kier alpha value is -3.17. The Bertz CT molecular complexity index is 1460. The van der Waals surface area contributed by atoms with E-state index in [1.807, 2.05) is 30.3 Å². The average molecular weight is 604 g/mol. The first kappa shape index (κ1) is 31.4. The maximum Gasteiger partial charge on any atom is 0.266 e. The molecule has 1 unspecified atom stereocenters. The van der Waals surface area contributed by atoms with Gasteiger partial charge in [0.1, 0.15) is 0 Å². The molecule has 40 heavy (non-hydrogen) atoms. The van der Waals surface area contributed by atoms with E-state index in [2.05, 4.69) is 37.5 Å². The molecule has 3 N–H and O–H groups in total. The number of hydrogen-bond donors (Lipinski definition) is 3. The molecule has 0 saturated carbocycles. The highest BCUT2D eigenvalue weighted by atomic mass is 35.5. The lowest BCUT2D eigenvalue weighted by atomic mass is 9.89. The topological polar surface area (TPSA) is 113 Å². The van der Waals surface area contributed by atoms with Crippen molar-refractivity contribution in [2.24, 2.45) is 5.41 Å². The summed E-state index contributed by atoms with van der Waals surface area (Å²) in [6, 6.07) is 19.3. The molecule has 0 radical (unpaired) electrons. The van der Waals surface area contributed by atoms with Crippen LogP contribution < -0.4 is 10.6 Å². The zero-order valence-corrected chi connectivity index (χ0v) is 24.8. The summed E-state index contributed by atoms with van der Waals surface area (Å²) in [7, 11) is -4.17.